The number of anilines is 1. The fourth-order valence-electron chi connectivity index (χ4n) is 3.25. The lowest BCUT2D eigenvalue weighted by molar-refractivity contribution is 0.198. The van der Waals surface area contributed by atoms with E-state index in [0.29, 0.717) is 5.41 Å². The first kappa shape index (κ1) is 16.3. The molecule has 0 bridgehead atoms. The number of rotatable bonds is 4. The third-order valence-electron chi connectivity index (χ3n) is 4.66. The summed E-state index contributed by atoms with van der Waals surface area (Å²) in [5.41, 5.74) is 2.50. The Labute approximate surface area is 129 Å². The van der Waals surface area contributed by atoms with Crippen LogP contribution in [0.1, 0.15) is 58.2 Å². The Morgan fingerprint density at radius 3 is 2.43 bits per heavy atom. The Bertz CT molecular complexity index is 457. The second-order valence-electron chi connectivity index (χ2n) is 7.36. The van der Waals surface area contributed by atoms with Crippen LogP contribution in [-0.2, 0) is 13.0 Å². The predicted molar refractivity (Wildman–Crippen MR) is 88.5 cm³/mol. The van der Waals surface area contributed by atoms with Crippen LogP contribution < -0.4 is 4.90 Å². The molecule has 0 spiro atoms. The van der Waals surface area contributed by atoms with Gasteiger partial charge in [-0.2, -0.15) is 0 Å². The summed E-state index contributed by atoms with van der Waals surface area (Å²) >= 11 is 0. The minimum atomic E-state index is 0.102. The Morgan fingerprint density at radius 1 is 1.24 bits per heavy atom. The van der Waals surface area contributed by atoms with Crippen LogP contribution in [0, 0.1) is 11.3 Å². The monoisotopic (exact) mass is 290 g/mol. The third-order valence-corrected chi connectivity index (χ3v) is 4.66. The highest BCUT2D eigenvalue weighted by Crippen LogP contribution is 2.35. The standard InChI is InChI=1S/C18H30N2O/c1-5-6-16-11-14(13-21)12-17(19-16)20-9-7-15(8-10-20)18(2,3)4/h11-12,15,21H,5-10,13H2,1-4H3. The molecule has 0 amide bonds. The summed E-state index contributed by atoms with van der Waals surface area (Å²) in [7, 11) is 0. The van der Waals surface area contributed by atoms with Crippen LogP contribution in [0.3, 0.4) is 0 Å². The zero-order valence-electron chi connectivity index (χ0n) is 14.0. The van der Waals surface area contributed by atoms with Crippen LogP contribution in [0.4, 0.5) is 5.82 Å². The predicted octanol–water partition coefficient (Wildman–Crippen LogP) is 3.79. The first-order valence-corrected chi connectivity index (χ1v) is 8.29. The van der Waals surface area contributed by atoms with E-state index in [1.54, 1.807) is 0 Å². The molecule has 1 aromatic rings. The molecule has 0 saturated carbocycles. The largest absolute Gasteiger partial charge is 0.392 e. The lowest BCUT2D eigenvalue weighted by atomic mass is 9.75. The van der Waals surface area contributed by atoms with Crippen molar-refractivity contribution < 1.29 is 5.11 Å². The summed E-state index contributed by atoms with van der Waals surface area (Å²) in [4.78, 5) is 7.19. The van der Waals surface area contributed by atoms with Gasteiger partial charge in [-0.25, -0.2) is 4.98 Å². The van der Waals surface area contributed by atoms with Crippen molar-refractivity contribution in [2.75, 3.05) is 18.0 Å². The molecule has 1 aliphatic rings. The molecule has 0 atom stereocenters. The van der Waals surface area contributed by atoms with Crippen molar-refractivity contribution in [3.63, 3.8) is 0 Å². The van der Waals surface area contributed by atoms with Crippen LogP contribution in [0.25, 0.3) is 0 Å². The van der Waals surface area contributed by atoms with Crippen LogP contribution in [0.5, 0.6) is 0 Å². The van der Waals surface area contributed by atoms with Gasteiger partial charge in [0.2, 0.25) is 0 Å². The van der Waals surface area contributed by atoms with E-state index in [0.717, 1.165) is 48.9 Å². The van der Waals surface area contributed by atoms with Crippen molar-refractivity contribution in [3.8, 4) is 0 Å². The maximum Gasteiger partial charge on any atom is 0.129 e. The van der Waals surface area contributed by atoms with E-state index in [4.69, 9.17) is 4.98 Å². The van der Waals surface area contributed by atoms with Crippen molar-refractivity contribution in [1.82, 2.24) is 4.98 Å². The summed E-state index contributed by atoms with van der Waals surface area (Å²) in [5, 5.41) is 9.46. The minimum Gasteiger partial charge on any atom is -0.392 e. The number of nitrogens with zero attached hydrogens (tertiary/aromatic N) is 2. The molecule has 2 heterocycles. The summed E-state index contributed by atoms with van der Waals surface area (Å²) in [6.45, 7) is 11.5. The van der Waals surface area contributed by atoms with Crippen LogP contribution in [0.15, 0.2) is 12.1 Å². The molecule has 1 saturated heterocycles. The molecule has 1 aromatic heterocycles. The topological polar surface area (TPSA) is 36.4 Å². The van der Waals surface area contributed by atoms with Crippen molar-refractivity contribution in [2.24, 2.45) is 11.3 Å². The van der Waals surface area contributed by atoms with Crippen molar-refractivity contribution in [1.29, 1.82) is 0 Å². The van der Waals surface area contributed by atoms with Gasteiger partial charge in [-0.3, -0.25) is 0 Å². The Kier molecular flexibility index (Phi) is 5.26. The Hall–Kier alpha value is -1.09. The fraction of sp³-hybridized carbons (Fsp3) is 0.722. The molecule has 3 heteroatoms. The van der Waals surface area contributed by atoms with E-state index < -0.39 is 0 Å². The minimum absolute atomic E-state index is 0.102. The highest BCUT2D eigenvalue weighted by molar-refractivity contribution is 5.43. The molecule has 0 aromatic carbocycles. The second kappa shape index (κ2) is 6.78. The molecule has 3 nitrogen and oxygen atoms in total. The van der Waals surface area contributed by atoms with Crippen LogP contribution in [-0.4, -0.2) is 23.2 Å². The zero-order chi connectivity index (χ0) is 15.5. The van der Waals surface area contributed by atoms with Crippen LogP contribution in [0.2, 0.25) is 0 Å². The molecule has 0 unspecified atom stereocenters. The number of hydrogen-bond donors (Lipinski definition) is 1. The van der Waals surface area contributed by atoms with Gasteiger partial charge < -0.3 is 10.0 Å². The van der Waals surface area contributed by atoms with Crippen LogP contribution >= 0.6 is 0 Å². The molecule has 1 N–H and O–H groups in total. The molecule has 2 rings (SSSR count). The molecule has 1 aliphatic heterocycles. The van der Waals surface area contributed by atoms with Gasteiger partial charge in [0.25, 0.3) is 0 Å². The second-order valence-corrected chi connectivity index (χ2v) is 7.36. The number of pyridine rings is 1. The number of aromatic nitrogens is 1. The average Bonchev–Trinajstić information content (AvgIpc) is 2.46. The number of aliphatic hydroxyl groups excluding tert-OH is 1. The fourth-order valence-corrected chi connectivity index (χ4v) is 3.25. The highest BCUT2D eigenvalue weighted by Gasteiger charge is 2.29. The number of aliphatic hydroxyl groups is 1. The average molecular weight is 290 g/mol. The zero-order valence-corrected chi connectivity index (χ0v) is 14.0. The van der Waals surface area contributed by atoms with E-state index in [-0.39, 0.29) is 6.61 Å². The maximum absolute atomic E-state index is 9.46. The van der Waals surface area contributed by atoms with E-state index in [1.807, 2.05) is 6.07 Å². The summed E-state index contributed by atoms with van der Waals surface area (Å²) in [6, 6.07) is 4.09. The number of piperidine rings is 1. The highest BCUT2D eigenvalue weighted by atomic mass is 16.3. The number of aryl methyl sites for hydroxylation is 1. The van der Waals surface area contributed by atoms with E-state index >= 15 is 0 Å². The van der Waals surface area contributed by atoms with Gasteiger partial charge in [0.1, 0.15) is 5.82 Å². The van der Waals surface area contributed by atoms with Gasteiger partial charge in [-0.1, -0.05) is 34.1 Å². The smallest absolute Gasteiger partial charge is 0.129 e. The van der Waals surface area contributed by atoms with E-state index in [2.05, 4.69) is 38.7 Å². The SMILES string of the molecule is CCCc1cc(CO)cc(N2CCC(C(C)(C)C)CC2)n1. The lowest BCUT2D eigenvalue weighted by Gasteiger charge is -2.39. The van der Waals surface area contributed by atoms with Gasteiger partial charge in [-0.15, -0.1) is 0 Å². The van der Waals surface area contributed by atoms with Gasteiger partial charge in [0.05, 0.1) is 6.61 Å². The molecule has 0 radical (unpaired) electrons. The summed E-state index contributed by atoms with van der Waals surface area (Å²) in [6.07, 6.45) is 4.54. The Morgan fingerprint density at radius 2 is 1.90 bits per heavy atom. The summed E-state index contributed by atoms with van der Waals surface area (Å²) < 4.78 is 0. The van der Waals surface area contributed by atoms with Gasteiger partial charge in [0.15, 0.2) is 0 Å². The Balaban J connectivity index is 2.10. The first-order valence-electron chi connectivity index (χ1n) is 8.29. The lowest BCUT2D eigenvalue weighted by Crippen LogP contribution is -2.38. The van der Waals surface area contributed by atoms with Crippen molar-refractivity contribution in [2.45, 2.75) is 60.0 Å². The van der Waals surface area contributed by atoms with Crippen molar-refractivity contribution in [3.05, 3.63) is 23.4 Å². The summed E-state index contributed by atoms with van der Waals surface area (Å²) in [5.74, 6) is 1.85. The molecule has 1 fully saturated rings. The molecule has 118 valence electrons. The quantitative estimate of drug-likeness (QED) is 0.916. The first-order chi connectivity index (χ1) is 9.94. The number of hydrogen-bond acceptors (Lipinski definition) is 3. The van der Waals surface area contributed by atoms with Gasteiger partial charge in [0, 0.05) is 18.8 Å². The van der Waals surface area contributed by atoms with E-state index in [1.165, 1.54) is 12.8 Å². The molecular weight excluding hydrogens is 260 g/mol. The van der Waals surface area contributed by atoms with Gasteiger partial charge in [-0.05, 0) is 48.3 Å². The normalized spacial score (nSPS) is 17.3. The molecule has 21 heavy (non-hydrogen) atoms. The third kappa shape index (κ3) is 4.19. The molecule has 0 aliphatic carbocycles. The van der Waals surface area contributed by atoms with Crippen molar-refractivity contribution >= 4 is 5.82 Å². The van der Waals surface area contributed by atoms with E-state index in [9.17, 15) is 5.11 Å². The molecular formula is C18H30N2O. The maximum atomic E-state index is 9.46. The van der Waals surface area contributed by atoms with Gasteiger partial charge >= 0.3 is 0 Å².